The van der Waals surface area contributed by atoms with Crippen LogP contribution >= 0.6 is 0 Å². The number of nitrogens with zero attached hydrogens (tertiary/aromatic N) is 1. The van der Waals surface area contributed by atoms with E-state index in [9.17, 15) is 29.3 Å². The van der Waals surface area contributed by atoms with Gasteiger partial charge >= 0.3 is 0 Å². The molecule has 7 nitrogen and oxygen atoms in total. The van der Waals surface area contributed by atoms with E-state index in [4.69, 9.17) is 0 Å². The van der Waals surface area contributed by atoms with Crippen LogP contribution in [0.4, 0.5) is 5.69 Å². The summed E-state index contributed by atoms with van der Waals surface area (Å²) < 4.78 is 0. The predicted octanol–water partition coefficient (Wildman–Crippen LogP) is 4.83. The molecule has 168 valence electrons. The third-order valence-electron chi connectivity index (χ3n) is 5.96. The van der Waals surface area contributed by atoms with Crippen LogP contribution in [0.25, 0.3) is 0 Å². The average molecular weight is 461 g/mol. The summed E-state index contributed by atoms with van der Waals surface area (Å²) in [5.74, 6) is -0.956. The Kier molecular flexibility index (Phi) is 5.22. The zero-order chi connectivity index (χ0) is 24.7. The molecule has 6 rings (SSSR count). The molecule has 4 aromatic carbocycles. The van der Waals surface area contributed by atoms with Crippen molar-refractivity contribution in [1.29, 1.82) is 0 Å². The van der Waals surface area contributed by atoms with Gasteiger partial charge in [-0.25, -0.2) is 0 Å². The summed E-state index contributed by atoms with van der Waals surface area (Å²) in [4.78, 5) is 59.1. The zero-order valence-electron chi connectivity index (χ0n) is 18.1. The fraction of sp³-hybridized carbons (Fsp3) is 0. The van der Waals surface area contributed by atoms with Gasteiger partial charge in [0.2, 0.25) is 5.78 Å². The maximum atomic E-state index is 12.3. The maximum Gasteiger partial charge on any atom is 0.281 e. The molecular formula is C28H15NO6. The third-order valence-corrected chi connectivity index (χ3v) is 5.96. The van der Waals surface area contributed by atoms with Crippen molar-refractivity contribution in [2.45, 2.75) is 0 Å². The third kappa shape index (κ3) is 3.46. The molecule has 0 N–H and O–H groups in total. The topological polar surface area (TPSA) is 111 Å². The molecule has 0 aliphatic heterocycles. The molecular weight excluding hydrogens is 446 g/mol. The van der Waals surface area contributed by atoms with E-state index in [1.54, 1.807) is 66.7 Å². The van der Waals surface area contributed by atoms with Crippen LogP contribution in [0.15, 0.2) is 91.0 Å². The van der Waals surface area contributed by atoms with Crippen LogP contribution in [0.2, 0.25) is 0 Å². The molecule has 0 aromatic heterocycles. The van der Waals surface area contributed by atoms with Crippen LogP contribution in [0.5, 0.6) is 0 Å². The number of hydrogen-bond acceptors (Lipinski definition) is 6. The molecule has 4 aromatic rings. The summed E-state index contributed by atoms with van der Waals surface area (Å²) in [6.45, 7) is 0. The minimum absolute atomic E-state index is 0.0641. The number of benzene rings is 4. The first-order chi connectivity index (χ1) is 16.9. The second-order valence-electron chi connectivity index (χ2n) is 7.91. The lowest BCUT2D eigenvalue weighted by Gasteiger charge is -2.16. The molecule has 0 amide bonds. The van der Waals surface area contributed by atoms with Crippen molar-refractivity contribution in [3.8, 4) is 0 Å². The summed E-state index contributed by atoms with van der Waals surface area (Å²) in [5.41, 5.74) is 2.18. The van der Waals surface area contributed by atoms with Crippen molar-refractivity contribution in [2.75, 3.05) is 0 Å². The van der Waals surface area contributed by atoms with Crippen LogP contribution in [-0.4, -0.2) is 28.1 Å². The van der Waals surface area contributed by atoms with Gasteiger partial charge in [-0.3, -0.25) is 29.3 Å². The first-order valence-electron chi connectivity index (χ1n) is 10.6. The Morgan fingerprint density at radius 3 is 1.11 bits per heavy atom. The molecule has 0 fully saturated rings. The van der Waals surface area contributed by atoms with Gasteiger partial charge in [-0.15, -0.1) is 0 Å². The van der Waals surface area contributed by atoms with Crippen LogP contribution in [-0.2, 0) is 0 Å². The number of carbonyl (C=O) groups excluding carboxylic acids is 4. The number of nitro benzene ring substituents is 1. The molecule has 0 atom stereocenters. The van der Waals surface area contributed by atoms with Crippen LogP contribution in [0, 0.1) is 10.1 Å². The largest absolute Gasteiger partial charge is 0.289 e. The van der Waals surface area contributed by atoms with Gasteiger partial charge in [-0.1, -0.05) is 78.9 Å². The summed E-state index contributed by atoms with van der Waals surface area (Å²) in [7, 11) is 0. The molecule has 0 saturated heterocycles. The molecule has 0 radical (unpaired) electrons. The van der Waals surface area contributed by atoms with Crippen LogP contribution in [0.1, 0.15) is 63.7 Å². The van der Waals surface area contributed by atoms with Gasteiger partial charge in [0.25, 0.3) is 5.69 Å². The molecule has 2 aliphatic carbocycles. The number of fused-ring (bicyclic) bond motifs is 4. The molecule has 0 unspecified atom stereocenters. The van der Waals surface area contributed by atoms with Gasteiger partial charge < -0.3 is 0 Å². The fourth-order valence-electron chi connectivity index (χ4n) is 4.33. The van der Waals surface area contributed by atoms with E-state index in [0.717, 1.165) is 0 Å². The summed E-state index contributed by atoms with van der Waals surface area (Å²) in [6.07, 6.45) is 0. The quantitative estimate of drug-likeness (QED) is 0.256. The minimum Gasteiger partial charge on any atom is -0.289 e. The van der Waals surface area contributed by atoms with E-state index in [-0.39, 0.29) is 39.7 Å². The van der Waals surface area contributed by atoms with Crippen molar-refractivity contribution < 1.29 is 24.1 Å². The van der Waals surface area contributed by atoms with Crippen molar-refractivity contribution >= 4 is 28.8 Å². The van der Waals surface area contributed by atoms with Gasteiger partial charge in [0.05, 0.1) is 4.92 Å². The highest BCUT2D eigenvalue weighted by Crippen LogP contribution is 2.32. The Labute approximate surface area is 198 Å². The fourth-order valence-corrected chi connectivity index (χ4v) is 4.33. The van der Waals surface area contributed by atoms with Crippen molar-refractivity contribution in [1.82, 2.24) is 0 Å². The first-order valence-corrected chi connectivity index (χ1v) is 10.6. The number of ketones is 4. The van der Waals surface area contributed by atoms with Gasteiger partial charge in [0, 0.05) is 45.0 Å². The molecule has 0 saturated carbocycles. The van der Waals surface area contributed by atoms with E-state index >= 15 is 0 Å². The Morgan fingerprint density at radius 1 is 0.429 bits per heavy atom. The van der Waals surface area contributed by atoms with Gasteiger partial charge in [-0.05, 0) is 6.07 Å². The Morgan fingerprint density at radius 2 is 0.743 bits per heavy atom. The second kappa shape index (κ2) is 8.39. The lowest BCUT2D eigenvalue weighted by Crippen LogP contribution is -2.21. The van der Waals surface area contributed by atoms with Gasteiger partial charge in [0.15, 0.2) is 17.3 Å². The standard InChI is InChI=1S/C14H7NO4.C14H8O2/c16-13-8-4-1-2-5-9(8)14(17)12-10(13)6-3-7-11(12)15(18)19;15-13-9-5-1-2-6-10(9)14(16)12-8-4-3-7-11(12)13/h1-7H;1-8H. The minimum atomic E-state index is -0.641. The van der Waals surface area contributed by atoms with Gasteiger partial charge in [0.1, 0.15) is 5.56 Å². The van der Waals surface area contributed by atoms with E-state index in [2.05, 4.69) is 0 Å². The monoisotopic (exact) mass is 461 g/mol. The Bertz CT molecular complexity index is 1500. The van der Waals surface area contributed by atoms with Crippen molar-refractivity contribution in [2.24, 2.45) is 0 Å². The van der Waals surface area contributed by atoms with Crippen molar-refractivity contribution in [3.63, 3.8) is 0 Å². The Balaban J connectivity index is 0.000000147. The highest BCUT2D eigenvalue weighted by atomic mass is 16.6. The molecule has 35 heavy (non-hydrogen) atoms. The van der Waals surface area contributed by atoms with E-state index < -0.39 is 10.7 Å². The molecule has 2 aliphatic rings. The maximum absolute atomic E-state index is 12.3. The zero-order valence-corrected chi connectivity index (χ0v) is 18.1. The normalized spacial score (nSPS) is 13.0. The molecule has 0 spiro atoms. The predicted molar refractivity (Wildman–Crippen MR) is 126 cm³/mol. The van der Waals surface area contributed by atoms with Crippen LogP contribution in [0.3, 0.4) is 0 Å². The van der Waals surface area contributed by atoms with Crippen LogP contribution < -0.4 is 0 Å². The first kappa shape index (κ1) is 21.8. The smallest absolute Gasteiger partial charge is 0.281 e. The van der Waals surface area contributed by atoms with E-state index in [0.29, 0.717) is 27.8 Å². The highest BCUT2D eigenvalue weighted by molar-refractivity contribution is 6.30. The molecule has 0 bridgehead atoms. The summed E-state index contributed by atoms with van der Waals surface area (Å²) >= 11 is 0. The molecule has 7 heteroatoms. The number of nitro groups is 1. The summed E-state index contributed by atoms with van der Waals surface area (Å²) in [5, 5.41) is 11.0. The summed E-state index contributed by atoms with van der Waals surface area (Å²) in [6, 6.07) is 24.3. The average Bonchev–Trinajstić information content (AvgIpc) is 2.90. The number of carbonyl (C=O) groups is 4. The number of rotatable bonds is 1. The second-order valence-corrected chi connectivity index (χ2v) is 7.91. The lowest BCUT2D eigenvalue weighted by atomic mass is 9.83. The van der Waals surface area contributed by atoms with E-state index in [1.165, 1.54) is 24.3 Å². The van der Waals surface area contributed by atoms with Crippen molar-refractivity contribution in [3.05, 3.63) is 146 Å². The lowest BCUT2D eigenvalue weighted by molar-refractivity contribution is -0.385. The molecule has 0 heterocycles. The van der Waals surface area contributed by atoms with Gasteiger partial charge in [-0.2, -0.15) is 0 Å². The SMILES string of the molecule is O=C1c2ccccc2C(=O)c2c1cccc2[N+](=O)[O-].O=C1c2ccccc2C(=O)c2ccccc21. The highest BCUT2D eigenvalue weighted by Gasteiger charge is 2.35. The number of hydrogen-bond donors (Lipinski definition) is 0. The van der Waals surface area contributed by atoms with E-state index in [1.807, 2.05) is 0 Å². The Hall–Kier alpha value is -5.04.